The first-order valence-corrected chi connectivity index (χ1v) is 7.22. The summed E-state index contributed by atoms with van der Waals surface area (Å²) in [6.45, 7) is 2.70. The number of fused-ring (bicyclic) bond motifs is 1. The number of hydrogen-bond donors (Lipinski definition) is 0. The predicted molar refractivity (Wildman–Crippen MR) is 76.6 cm³/mol. The Hall–Kier alpha value is -1.91. The first-order chi connectivity index (χ1) is 9.66. The minimum atomic E-state index is 0.0306. The molecule has 2 aromatic heterocycles. The largest absolute Gasteiger partial charge is 0.341 e. The maximum atomic E-state index is 12.7. The maximum Gasteiger partial charge on any atom is 0.259 e. The lowest BCUT2D eigenvalue weighted by Crippen LogP contribution is -2.31. The van der Waals surface area contributed by atoms with E-state index in [-0.39, 0.29) is 5.91 Å². The molecular formula is C15H20N4O. The number of carbonyl (C=O) groups excluding carboxylic acids is 1. The molecule has 1 fully saturated rings. The van der Waals surface area contributed by atoms with Crippen LogP contribution in [0.3, 0.4) is 0 Å². The van der Waals surface area contributed by atoms with Crippen LogP contribution in [0, 0.1) is 12.8 Å². The summed E-state index contributed by atoms with van der Waals surface area (Å²) in [6.07, 6.45) is 8.59. The van der Waals surface area contributed by atoms with Gasteiger partial charge in [0.2, 0.25) is 0 Å². The highest BCUT2D eigenvalue weighted by molar-refractivity contribution is 6.00. The van der Waals surface area contributed by atoms with Gasteiger partial charge in [-0.15, -0.1) is 0 Å². The van der Waals surface area contributed by atoms with Crippen LogP contribution in [0.2, 0.25) is 0 Å². The summed E-state index contributed by atoms with van der Waals surface area (Å²) < 4.78 is 1.67. The quantitative estimate of drug-likeness (QED) is 0.861. The Morgan fingerprint density at radius 2 is 2.20 bits per heavy atom. The van der Waals surface area contributed by atoms with Crippen LogP contribution in [-0.4, -0.2) is 39.0 Å². The first-order valence-electron chi connectivity index (χ1n) is 7.22. The monoisotopic (exact) mass is 272 g/mol. The minimum Gasteiger partial charge on any atom is -0.341 e. The molecule has 5 nitrogen and oxygen atoms in total. The zero-order valence-electron chi connectivity index (χ0n) is 12.0. The second-order valence-electron chi connectivity index (χ2n) is 5.68. The van der Waals surface area contributed by atoms with Crippen molar-refractivity contribution in [3.8, 4) is 0 Å². The molecule has 20 heavy (non-hydrogen) atoms. The summed E-state index contributed by atoms with van der Waals surface area (Å²) in [5.74, 6) is 0.683. The molecule has 1 amide bonds. The number of carbonyl (C=O) groups is 1. The second kappa shape index (κ2) is 5.23. The van der Waals surface area contributed by atoms with Crippen molar-refractivity contribution in [2.45, 2.75) is 32.6 Å². The van der Waals surface area contributed by atoms with Gasteiger partial charge >= 0.3 is 0 Å². The highest BCUT2D eigenvalue weighted by Crippen LogP contribution is 2.26. The van der Waals surface area contributed by atoms with Gasteiger partial charge in [0.05, 0.1) is 5.69 Å². The maximum absolute atomic E-state index is 12.7. The van der Waals surface area contributed by atoms with Crippen LogP contribution < -0.4 is 0 Å². The molecule has 106 valence electrons. The molecule has 0 aromatic carbocycles. The zero-order chi connectivity index (χ0) is 14.1. The Labute approximate surface area is 118 Å². The standard InChI is InChI=1S/C15H20N4O/c1-11-13(14-16-8-5-9-19(14)17-11)15(20)18(2)10-12-6-3-4-7-12/h5,8-9,12H,3-4,6-7,10H2,1-2H3. The molecule has 0 unspecified atom stereocenters. The third-order valence-electron chi connectivity index (χ3n) is 4.14. The molecule has 0 radical (unpaired) electrons. The van der Waals surface area contributed by atoms with Crippen LogP contribution >= 0.6 is 0 Å². The number of rotatable bonds is 3. The van der Waals surface area contributed by atoms with Crippen molar-refractivity contribution >= 4 is 11.6 Å². The molecule has 3 rings (SSSR count). The summed E-state index contributed by atoms with van der Waals surface area (Å²) in [4.78, 5) is 18.8. The summed E-state index contributed by atoms with van der Waals surface area (Å²) in [6, 6.07) is 1.82. The van der Waals surface area contributed by atoms with Gasteiger partial charge in [-0.05, 0) is 31.7 Å². The van der Waals surface area contributed by atoms with E-state index < -0.39 is 0 Å². The van der Waals surface area contributed by atoms with Crippen molar-refractivity contribution in [3.05, 3.63) is 29.7 Å². The third-order valence-corrected chi connectivity index (χ3v) is 4.14. The lowest BCUT2D eigenvalue weighted by atomic mass is 10.1. The first kappa shape index (κ1) is 13.1. The molecule has 1 aliphatic carbocycles. The molecule has 0 atom stereocenters. The van der Waals surface area contributed by atoms with Crippen molar-refractivity contribution in [2.24, 2.45) is 5.92 Å². The van der Waals surface area contributed by atoms with Crippen LogP contribution in [0.5, 0.6) is 0 Å². The molecule has 0 aliphatic heterocycles. The average molecular weight is 272 g/mol. The number of aromatic nitrogens is 3. The molecule has 0 N–H and O–H groups in total. The Morgan fingerprint density at radius 1 is 1.45 bits per heavy atom. The van der Waals surface area contributed by atoms with Gasteiger partial charge in [-0.1, -0.05) is 12.8 Å². The van der Waals surface area contributed by atoms with E-state index in [1.165, 1.54) is 25.7 Å². The molecule has 2 heterocycles. The van der Waals surface area contributed by atoms with Gasteiger partial charge in [0, 0.05) is 26.0 Å². The number of aryl methyl sites for hydroxylation is 1. The van der Waals surface area contributed by atoms with Gasteiger partial charge < -0.3 is 4.90 Å². The SMILES string of the molecule is Cc1nn2cccnc2c1C(=O)N(C)CC1CCCC1. The average Bonchev–Trinajstić information content (AvgIpc) is 3.04. The fourth-order valence-corrected chi connectivity index (χ4v) is 3.10. The van der Waals surface area contributed by atoms with E-state index in [9.17, 15) is 4.79 Å². The van der Waals surface area contributed by atoms with E-state index in [1.807, 2.05) is 31.1 Å². The molecule has 2 aromatic rings. The van der Waals surface area contributed by atoms with Gasteiger partial charge in [0.25, 0.3) is 5.91 Å². The van der Waals surface area contributed by atoms with Gasteiger partial charge in [-0.3, -0.25) is 4.79 Å². The molecule has 1 saturated carbocycles. The van der Waals surface area contributed by atoms with E-state index in [0.717, 1.165) is 12.2 Å². The summed E-state index contributed by atoms with van der Waals surface area (Å²) in [7, 11) is 1.88. The van der Waals surface area contributed by atoms with Gasteiger partial charge in [0.15, 0.2) is 5.65 Å². The van der Waals surface area contributed by atoms with Crippen molar-refractivity contribution in [3.63, 3.8) is 0 Å². The van der Waals surface area contributed by atoms with Crippen molar-refractivity contribution in [2.75, 3.05) is 13.6 Å². The highest BCUT2D eigenvalue weighted by atomic mass is 16.2. The van der Waals surface area contributed by atoms with Crippen LogP contribution in [0.4, 0.5) is 0 Å². The van der Waals surface area contributed by atoms with Crippen LogP contribution in [-0.2, 0) is 0 Å². The molecule has 0 bridgehead atoms. The molecule has 5 heteroatoms. The summed E-state index contributed by atoms with van der Waals surface area (Å²) in [5.41, 5.74) is 2.02. The van der Waals surface area contributed by atoms with E-state index >= 15 is 0 Å². The second-order valence-corrected chi connectivity index (χ2v) is 5.68. The fraction of sp³-hybridized carbons (Fsp3) is 0.533. The molecular weight excluding hydrogens is 252 g/mol. The van der Waals surface area contributed by atoms with Crippen molar-refractivity contribution in [1.29, 1.82) is 0 Å². The van der Waals surface area contributed by atoms with Crippen LogP contribution in [0.1, 0.15) is 41.7 Å². The lowest BCUT2D eigenvalue weighted by molar-refractivity contribution is 0.0774. The molecule has 0 saturated heterocycles. The van der Waals surface area contributed by atoms with Gasteiger partial charge in [-0.2, -0.15) is 5.10 Å². The highest BCUT2D eigenvalue weighted by Gasteiger charge is 2.24. The Bertz CT molecular complexity index is 628. The zero-order valence-corrected chi connectivity index (χ0v) is 12.0. The van der Waals surface area contributed by atoms with Crippen LogP contribution in [0.15, 0.2) is 18.5 Å². The smallest absolute Gasteiger partial charge is 0.259 e. The Balaban J connectivity index is 1.86. The molecule has 0 spiro atoms. The van der Waals surface area contributed by atoms with E-state index in [2.05, 4.69) is 10.1 Å². The summed E-state index contributed by atoms with van der Waals surface area (Å²) >= 11 is 0. The topological polar surface area (TPSA) is 50.5 Å². The summed E-state index contributed by atoms with van der Waals surface area (Å²) in [5, 5.41) is 4.36. The van der Waals surface area contributed by atoms with E-state index in [4.69, 9.17) is 0 Å². The lowest BCUT2D eigenvalue weighted by Gasteiger charge is -2.20. The normalized spacial score (nSPS) is 15.9. The third kappa shape index (κ3) is 2.28. The number of nitrogens with zero attached hydrogens (tertiary/aromatic N) is 4. The Kier molecular flexibility index (Phi) is 3.42. The number of hydrogen-bond acceptors (Lipinski definition) is 3. The van der Waals surface area contributed by atoms with Crippen LogP contribution in [0.25, 0.3) is 5.65 Å². The van der Waals surface area contributed by atoms with Crippen molar-refractivity contribution < 1.29 is 4.79 Å². The van der Waals surface area contributed by atoms with E-state index in [1.54, 1.807) is 10.7 Å². The number of amides is 1. The van der Waals surface area contributed by atoms with E-state index in [0.29, 0.717) is 17.1 Å². The Morgan fingerprint density at radius 3 is 2.95 bits per heavy atom. The van der Waals surface area contributed by atoms with Gasteiger partial charge in [0.1, 0.15) is 5.56 Å². The van der Waals surface area contributed by atoms with Gasteiger partial charge in [-0.25, -0.2) is 9.50 Å². The fourth-order valence-electron chi connectivity index (χ4n) is 3.10. The predicted octanol–water partition coefficient (Wildman–Crippen LogP) is 2.30. The van der Waals surface area contributed by atoms with Crippen molar-refractivity contribution in [1.82, 2.24) is 19.5 Å². The minimum absolute atomic E-state index is 0.0306. The molecule has 1 aliphatic rings.